The molecule has 1 atom stereocenters. The van der Waals surface area contributed by atoms with Gasteiger partial charge in [0.1, 0.15) is 5.69 Å². The van der Waals surface area contributed by atoms with E-state index in [4.69, 9.17) is 5.73 Å². The summed E-state index contributed by atoms with van der Waals surface area (Å²) in [5.41, 5.74) is 14.9. The molecule has 4 aromatic rings. The van der Waals surface area contributed by atoms with Crippen molar-refractivity contribution in [2.45, 2.75) is 71.8 Å². The number of anilines is 2. The van der Waals surface area contributed by atoms with Gasteiger partial charge >= 0.3 is 0 Å². The highest BCUT2D eigenvalue weighted by Crippen LogP contribution is 2.32. The molecule has 1 fully saturated rings. The van der Waals surface area contributed by atoms with Gasteiger partial charge in [-0.25, -0.2) is 13.8 Å². The summed E-state index contributed by atoms with van der Waals surface area (Å²) in [7, 11) is 0. The van der Waals surface area contributed by atoms with Crippen LogP contribution in [0.4, 0.5) is 20.3 Å². The zero-order chi connectivity index (χ0) is 29.4. The predicted octanol–water partition coefficient (Wildman–Crippen LogP) is 9.36. The SMILES string of the molecule is CCC(F)(F)c1ccc(CC=C2CCC2)cc1.Cc1ccc(C(C)Nc2nccnc2-c2ccc(N)cc2)c(C)c1. The van der Waals surface area contributed by atoms with Gasteiger partial charge < -0.3 is 11.1 Å². The molecule has 0 radical (unpaired) electrons. The van der Waals surface area contributed by atoms with Crippen molar-refractivity contribution in [1.29, 1.82) is 0 Å². The van der Waals surface area contributed by atoms with Crippen LogP contribution in [0.15, 0.2) is 90.8 Å². The van der Waals surface area contributed by atoms with Crippen molar-refractivity contribution in [2.24, 2.45) is 0 Å². The molecule has 0 saturated heterocycles. The second kappa shape index (κ2) is 13.5. The molecule has 0 aliphatic heterocycles. The summed E-state index contributed by atoms with van der Waals surface area (Å²) >= 11 is 0. The third-order valence-corrected chi connectivity index (χ3v) is 7.57. The van der Waals surface area contributed by atoms with Crippen molar-refractivity contribution in [2.75, 3.05) is 11.1 Å². The standard InChI is InChI=1S/C20H22N4.C15H18F2/c1-13-4-9-18(14(2)12-13)15(3)24-20-19(22-10-11-23-20)16-5-7-17(21)8-6-16;1-2-15(16,17)14-10-8-13(9-11-14)7-6-12-4-3-5-12/h4-12,15H,21H2,1-3H3,(H,23,24);6,8-11H,2-5,7H2,1H3. The number of allylic oxidation sites excluding steroid dienone is 2. The van der Waals surface area contributed by atoms with Crippen molar-refractivity contribution < 1.29 is 8.78 Å². The Labute approximate surface area is 242 Å². The van der Waals surface area contributed by atoms with Gasteiger partial charge in [-0.05, 0) is 75.3 Å². The minimum absolute atomic E-state index is 0.125. The molecule has 0 bridgehead atoms. The molecule has 1 saturated carbocycles. The molecule has 1 aliphatic carbocycles. The summed E-state index contributed by atoms with van der Waals surface area (Å²) in [6.07, 6.45) is 10.1. The first kappa shape index (κ1) is 29.9. The molecule has 41 heavy (non-hydrogen) atoms. The number of benzene rings is 3. The average molecular weight is 555 g/mol. The first-order valence-corrected chi connectivity index (χ1v) is 14.3. The molecule has 1 heterocycles. The van der Waals surface area contributed by atoms with Crippen LogP contribution in [0, 0.1) is 13.8 Å². The minimum atomic E-state index is -2.69. The molecule has 0 spiro atoms. The number of rotatable bonds is 8. The van der Waals surface area contributed by atoms with Gasteiger partial charge in [0.2, 0.25) is 0 Å². The molecule has 6 heteroatoms. The Morgan fingerprint density at radius 1 is 0.951 bits per heavy atom. The monoisotopic (exact) mass is 554 g/mol. The van der Waals surface area contributed by atoms with Crippen LogP contribution in [0.5, 0.6) is 0 Å². The maximum atomic E-state index is 13.4. The molecule has 3 aromatic carbocycles. The lowest BCUT2D eigenvalue weighted by molar-refractivity contribution is -0.00829. The zero-order valence-electron chi connectivity index (χ0n) is 24.4. The lowest BCUT2D eigenvalue weighted by atomic mass is 9.91. The molecule has 1 aromatic heterocycles. The normalized spacial score (nSPS) is 13.5. The lowest BCUT2D eigenvalue weighted by Gasteiger charge is -2.19. The van der Waals surface area contributed by atoms with Gasteiger partial charge in [-0.1, -0.05) is 78.7 Å². The molecular weight excluding hydrogens is 514 g/mol. The van der Waals surface area contributed by atoms with E-state index in [-0.39, 0.29) is 18.0 Å². The van der Waals surface area contributed by atoms with E-state index in [0.717, 1.165) is 34.7 Å². The van der Waals surface area contributed by atoms with E-state index in [0.29, 0.717) is 0 Å². The Balaban J connectivity index is 0.000000201. The van der Waals surface area contributed by atoms with Crippen molar-refractivity contribution in [3.8, 4) is 11.3 Å². The first-order chi connectivity index (χ1) is 19.7. The van der Waals surface area contributed by atoms with Crippen LogP contribution in [-0.4, -0.2) is 9.97 Å². The number of nitrogens with two attached hydrogens (primary N) is 1. The second-order valence-electron chi connectivity index (χ2n) is 10.8. The Hall–Kier alpha value is -4.06. The van der Waals surface area contributed by atoms with E-state index in [2.05, 4.69) is 60.3 Å². The Morgan fingerprint density at radius 2 is 1.63 bits per heavy atom. The topological polar surface area (TPSA) is 63.8 Å². The van der Waals surface area contributed by atoms with Gasteiger partial charge in [0.25, 0.3) is 5.92 Å². The number of hydrogen-bond donors (Lipinski definition) is 2. The van der Waals surface area contributed by atoms with E-state index in [1.807, 2.05) is 36.4 Å². The van der Waals surface area contributed by atoms with Crippen LogP contribution in [0.25, 0.3) is 11.3 Å². The highest BCUT2D eigenvalue weighted by atomic mass is 19.3. The van der Waals surface area contributed by atoms with Gasteiger partial charge in [0.05, 0.1) is 6.04 Å². The molecule has 5 rings (SSSR count). The fourth-order valence-electron chi connectivity index (χ4n) is 4.83. The van der Waals surface area contributed by atoms with Gasteiger partial charge in [0.15, 0.2) is 5.82 Å². The van der Waals surface area contributed by atoms with E-state index < -0.39 is 5.92 Å². The molecule has 1 aliphatic rings. The zero-order valence-corrected chi connectivity index (χ0v) is 24.4. The largest absolute Gasteiger partial charge is 0.399 e. The smallest absolute Gasteiger partial charge is 0.273 e. The number of alkyl halides is 2. The maximum absolute atomic E-state index is 13.4. The van der Waals surface area contributed by atoms with Crippen LogP contribution in [0.1, 0.15) is 73.4 Å². The second-order valence-corrected chi connectivity index (χ2v) is 10.8. The minimum Gasteiger partial charge on any atom is -0.399 e. The van der Waals surface area contributed by atoms with E-state index in [1.165, 1.54) is 48.4 Å². The number of halogens is 2. The molecule has 0 amide bonds. The number of nitrogens with zero attached hydrogens (tertiary/aromatic N) is 2. The highest BCUT2D eigenvalue weighted by Gasteiger charge is 2.28. The Morgan fingerprint density at radius 3 is 2.24 bits per heavy atom. The number of aromatic nitrogens is 2. The van der Waals surface area contributed by atoms with Crippen molar-refractivity contribution in [3.63, 3.8) is 0 Å². The molecule has 1 unspecified atom stereocenters. The summed E-state index contributed by atoms with van der Waals surface area (Å²) in [6, 6.07) is 21.1. The van der Waals surface area contributed by atoms with Gasteiger partial charge in [-0.3, -0.25) is 4.98 Å². The van der Waals surface area contributed by atoms with Crippen molar-refractivity contribution in [1.82, 2.24) is 9.97 Å². The maximum Gasteiger partial charge on any atom is 0.273 e. The van der Waals surface area contributed by atoms with Gasteiger partial charge in [-0.2, -0.15) is 0 Å². The van der Waals surface area contributed by atoms with Gasteiger partial charge in [-0.15, -0.1) is 0 Å². The number of nitrogen functional groups attached to an aromatic ring is 1. The van der Waals surface area contributed by atoms with E-state index in [9.17, 15) is 8.78 Å². The first-order valence-electron chi connectivity index (χ1n) is 14.3. The Kier molecular flexibility index (Phi) is 9.87. The van der Waals surface area contributed by atoms with Crippen molar-refractivity contribution >= 4 is 11.5 Å². The van der Waals surface area contributed by atoms with Crippen LogP contribution in [-0.2, 0) is 12.3 Å². The fourth-order valence-corrected chi connectivity index (χ4v) is 4.83. The van der Waals surface area contributed by atoms with Crippen LogP contribution in [0.2, 0.25) is 0 Å². The number of hydrogen-bond acceptors (Lipinski definition) is 4. The predicted molar refractivity (Wildman–Crippen MR) is 166 cm³/mol. The molecule has 3 N–H and O–H groups in total. The van der Waals surface area contributed by atoms with Crippen LogP contribution in [0.3, 0.4) is 0 Å². The summed E-state index contributed by atoms with van der Waals surface area (Å²) in [5, 5.41) is 3.50. The van der Waals surface area contributed by atoms with E-state index in [1.54, 1.807) is 24.5 Å². The summed E-state index contributed by atoms with van der Waals surface area (Å²) in [4.78, 5) is 8.98. The quantitative estimate of drug-likeness (QED) is 0.168. The summed E-state index contributed by atoms with van der Waals surface area (Å²) in [5.74, 6) is -1.92. The van der Waals surface area contributed by atoms with E-state index >= 15 is 0 Å². The van der Waals surface area contributed by atoms with Crippen LogP contribution >= 0.6 is 0 Å². The van der Waals surface area contributed by atoms with Crippen molar-refractivity contribution in [3.05, 3.63) is 119 Å². The molecule has 4 nitrogen and oxygen atoms in total. The fraction of sp³-hybridized carbons (Fsp3) is 0.314. The third kappa shape index (κ3) is 8.00. The third-order valence-electron chi connectivity index (χ3n) is 7.57. The summed E-state index contributed by atoms with van der Waals surface area (Å²) < 4.78 is 26.8. The Bertz CT molecular complexity index is 1450. The highest BCUT2D eigenvalue weighted by molar-refractivity contribution is 5.72. The average Bonchev–Trinajstić information content (AvgIpc) is 2.93. The number of aryl methyl sites for hydroxylation is 2. The van der Waals surface area contributed by atoms with Gasteiger partial charge in [0, 0.05) is 35.6 Å². The molecular formula is C35H40F2N4. The summed E-state index contributed by atoms with van der Waals surface area (Å²) in [6.45, 7) is 7.89. The lowest BCUT2D eigenvalue weighted by Crippen LogP contribution is -2.11. The van der Waals surface area contributed by atoms with Crippen LogP contribution < -0.4 is 11.1 Å². The number of nitrogens with one attached hydrogen (secondary N) is 1. The molecule has 214 valence electrons.